The summed E-state index contributed by atoms with van der Waals surface area (Å²) in [7, 11) is 0. The minimum absolute atomic E-state index is 0. The van der Waals surface area contributed by atoms with Gasteiger partial charge in [-0.05, 0) is 0 Å². The van der Waals surface area contributed by atoms with Gasteiger partial charge in [0.15, 0.2) is 0 Å². The Labute approximate surface area is 50.6 Å². The normalized spacial score (nSPS) is 3.43. The monoisotopic (exact) mass is 145 g/mol. The summed E-state index contributed by atoms with van der Waals surface area (Å²) in [4.78, 5) is 16.5. The Kier molecular flexibility index (Phi) is 117. The van der Waals surface area contributed by atoms with Crippen LogP contribution < -0.4 is 10.2 Å². The van der Waals surface area contributed by atoms with Crippen molar-refractivity contribution in [1.82, 2.24) is 0 Å². The van der Waals surface area contributed by atoms with Crippen molar-refractivity contribution in [3.8, 4) is 0 Å². The minimum atomic E-state index is -0.500. The van der Waals surface area contributed by atoms with Gasteiger partial charge in [-0.25, -0.2) is 0 Å². The van der Waals surface area contributed by atoms with E-state index in [1.165, 1.54) is 0 Å². The molecule has 0 fully saturated rings. The van der Waals surface area contributed by atoms with E-state index >= 15 is 0 Å². The molecule has 0 bridgehead atoms. The molecule has 5 heteroatoms. The second kappa shape index (κ2) is 51.0. The van der Waals surface area contributed by atoms with Crippen molar-refractivity contribution in [1.29, 1.82) is 0 Å². The number of hydrogen-bond donors (Lipinski definition) is 0. The molecule has 0 aliphatic carbocycles. The van der Waals surface area contributed by atoms with Crippen LogP contribution in [0.3, 0.4) is 0 Å². The zero-order valence-electron chi connectivity index (χ0n) is 3.17. The van der Waals surface area contributed by atoms with E-state index in [4.69, 9.17) is 19.8 Å². The van der Waals surface area contributed by atoms with Crippen molar-refractivity contribution in [2.45, 2.75) is 0 Å². The molecule has 0 aromatic carbocycles. The molecule has 0 aromatic heterocycles. The van der Waals surface area contributed by atoms with Crippen molar-refractivity contribution in [2.75, 3.05) is 0 Å². The second-order valence-corrected chi connectivity index (χ2v) is 0.192. The SMILES string of the molecule is O=C[O-].O=C[O-].[Mn+2]. The van der Waals surface area contributed by atoms with Gasteiger partial charge in [-0.15, -0.1) is 0 Å². The van der Waals surface area contributed by atoms with E-state index in [1.54, 1.807) is 0 Å². The molecule has 7 heavy (non-hydrogen) atoms. The van der Waals surface area contributed by atoms with Crippen LogP contribution in [-0.4, -0.2) is 12.9 Å². The molecule has 0 atom stereocenters. The fourth-order valence-electron chi connectivity index (χ4n) is 0. The fourth-order valence-corrected chi connectivity index (χ4v) is 0. The molecular weight excluding hydrogens is 143 g/mol. The van der Waals surface area contributed by atoms with Gasteiger partial charge < -0.3 is 19.8 Å². The smallest absolute Gasteiger partial charge is 0.554 e. The molecule has 0 saturated heterocycles. The van der Waals surface area contributed by atoms with E-state index in [2.05, 4.69) is 0 Å². The van der Waals surface area contributed by atoms with Gasteiger partial charge in [0.05, 0.1) is 0 Å². The molecule has 0 aliphatic heterocycles. The van der Waals surface area contributed by atoms with Crippen molar-refractivity contribution in [3.05, 3.63) is 0 Å². The Morgan fingerprint density at radius 3 is 1.00 bits per heavy atom. The van der Waals surface area contributed by atoms with E-state index in [1.807, 2.05) is 0 Å². The molecule has 0 saturated carbocycles. The Morgan fingerprint density at radius 1 is 1.00 bits per heavy atom. The molecule has 41 valence electrons. The fraction of sp³-hybridized carbons (Fsp3) is 0. The summed E-state index contributed by atoms with van der Waals surface area (Å²) >= 11 is 0. The van der Waals surface area contributed by atoms with Crippen LogP contribution >= 0.6 is 0 Å². The van der Waals surface area contributed by atoms with Crippen LogP contribution in [0, 0.1) is 0 Å². The molecule has 0 rings (SSSR count). The Bertz CT molecular complexity index is 30.7. The van der Waals surface area contributed by atoms with E-state index in [0.29, 0.717) is 0 Å². The van der Waals surface area contributed by atoms with Crippen LogP contribution in [0.1, 0.15) is 0 Å². The first kappa shape index (κ1) is 16.1. The molecule has 4 nitrogen and oxygen atoms in total. The first-order valence-electron chi connectivity index (χ1n) is 0.943. The molecule has 0 N–H and O–H groups in total. The number of hydrogen-bond acceptors (Lipinski definition) is 4. The number of rotatable bonds is 0. The zero-order chi connectivity index (χ0) is 5.41. The van der Waals surface area contributed by atoms with Crippen LogP contribution in [0.15, 0.2) is 0 Å². The molecule has 0 heterocycles. The third-order valence-corrected chi connectivity index (χ3v) is 0. The zero-order valence-corrected chi connectivity index (χ0v) is 4.35. The molecule has 0 amide bonds. The molecule has 0 spiro atoms. The quantitative estimate of drug-likeness (QED) is 0.264. The van der Waals surface area contributed by atoms with Crippen molar-refractivity contribution >= 4 is 12.9 Å². The van der Waals surface area contributed by atoms with Gasteiger partial charge in [0.1, 0.15) is 0 Å². The average molecular weight is 145 g/mol. The number of carbonyl (C=O) groups excluding carboxylic acids is 2. The average Bonchev–Trinajstić information content (AvgIpc) is 1.39. The summed E-state index contributed by atoms with van der Waals surface area (Å²) in [5, 5.41) is 16.5. The van der Waals surface area contributed by atoms with E-state index in [9.17, 15) is 0 Å². The van der Waals surface area contributed by atoms with Crippen LogP contribution in [0.5, 0.6) is 0 Å². The summed E-state index contributed by atoms with van der Waals surface area (Å²) in [6, 6.07) is 0. The van der Waals surface area contributed by atoms with E-state index in [-0.39, 0.29) is 17.1 Å². The Hall–Kier alpha value is -0.541. The van der Waals surface area contributed by atoms with Gasteiger partial charge in [0.2, 0.25) is 0 Å². The standard InChI is InChI=1S/2CH2O2.Mn/c2*2-1-3;/h2*1H,(H,2,3);/q;;+2/p-2. The maximum absolute atomic E-state index is 8.25. The third-order valence-electron chi connectivity index (χ3n) is 0. The van der Waals surface area contributed by atoms with Crippen LogP contribution in [0.2, 0.25) is 0 Å². The summed E-state index contributed by atoms with van der Waals surface area (Å²) in [5.41, 5.74) is 0. The number of carboxylic acid groups (broad SMARTS) is 2. The second-order valence-electron chi connectivity index (χ2n) is 0.192. The summed E-state index contributed by atoms with van der Waals surface area (Å²) in [5.74, 6) is 0. The number of carbonyl (C=O) groups is 2. The molecule has 0 unspecified atom stereocenters. The van der Waals surface area contributed by atoms with Crippen LogP contribution in [-0.2, 0) is 26.7 Å². The van der Waals surface area contributed by atoms with E-state index in [0.717, 1.165) is 0 Å². The molecule has 1 radical (unpaired) electrons. The molecule has 0 aromatic rings. The van der Waals surface area contributed by atoms with Crippen LogP contribution in [0.4, 0.5) is 0 Å². The van der Waals surface area contributed by atoms with Crippen molar-refractivity contribution in [3.63, 3.8) is 0 Å². The van der Waals surface area contributed by atoms with Crippen molar-refractivity contribution in [2.24, 2.45) is 0 Å². The summed E-state index contributed by atoms with van der Waals surface area (Å²) in [6.45, 7) is -1.00. The topological polar surface area (TPSA) is 80.3 Å². The third kappa shape index (κ3) is 224. The first-order valence-corrected chi connectivity index (χ1v) is 0.943. The van der Waals surface area contributed by atoms with Gasteiger partial charge in [-0.3, -0.25) is 0 Å². The summed E-state index contributed by atoms with van der Waals surface area (Å²) in [6.07, 6.45) is 0. The predicted octanol–water partition coefficient (Wildman–Crippen LogP) is -3.27. The van der Waals surface area contributed by atoms with Crippen molar-refractivity contribution < 1.29 is 36.9 Å². The molecular formula is C2H2MnO4. The van der Waals surface area contributed by atoms with Gasteiger partial charge in [-0.1, -0.05) is 0 Å². The van der Waals surface area contributed by atoms with Gasteiger partial charge in [0.25, 0.3) is 0 Å². The van der Waals surface area contributed by atoms with Gasteiger partial charge >= 0.3 is 17.1 Å². The molecule has 0 aliphatic rings. The van der Waals surface area contributed by atoms with Gasteiger partial charge in [-0.2, -0.15) is 0 Å². The van der Waals surface area contributed by atoms with Gasteiger partial charge in [0, 0.05) is 12.9 Å². The Morgan fingerprint density at radius 2 is 1.00 bits per heavy atom. The maximum atomic E-state index is 8.25. The van der Waals surface area contributed by atoms with E-state index < -0.39 is 12.9 Å². The van der Waals surface area contributed by atoms with Crippen LogP contribution in [0.25, 0.3) is 0 Å². The largest absolute Gasteiger partial charge is 2.00 e. The summed E-state index contributed by atoms with van der Waals surface area (Å²) < 4.78 is 0. The minimum Gasteiger partial charge on any atom is -0.554 e. The first-order chi connectivity index (χ1) is 2.83. The maximum Gasteiger partial charge on any atom is 2.00 e. The predicted molar refractivity (Wildman–Crippen MR) is 12.1 cm³/mol. The Balaban J connectivity index is -0.0000000400.